The van der Waals surface area contributed by atoms with Gasteiger partial charge in [0.25, 0.3) is 0 Å². The summed E-state index contributed by atoms with van der Waals surface area (Å²) in [5.41, 5.74) is 0. The van der Waals surface area contributed by atoms with E-state index in [0.717, 1.165) is 37.1 Å². The summed E-state index contributed by atoms with van der Waals surface area (Å²) in [4.78, 5) is 9.39. The number of likely N-dealkylation sites (tertiary alicyclic amines) is 1. The van der Waals surface area contributed by atoms with Gasteiger partial charge >= 0.3 is 0 Å². The van der Waals surface area contributed by atoms with Crippen molar-refractivity contribution in [2.75, 3.05) is 33.2 Å². The molecule has 1 saturated heterocycles. The average Bonchev–Trinajstić information content (AvgIpc) is 2.90. The molecule has 1 saturated carbocycles. The molecule has 2 heterocycles. The summed E-state index contributed by atoms with van der Waals surface area (Å²) in [7, 11) is 2.14. The molecule has 1 aliphatic carbocycles. The van der Waals surface area contributed by atoms with Crippen LogP contribution in [0, 0.1) is 11.8 Å². The van der Waals surface area contributed by atoms with Gasteiger partial charge in [-0.15, -0.1) is 0 Å². The zero-order valence-corrected chi connectivity index (χ0v) is 13.4. The Hall–Kier alpha value is -0.940. The van der Waals surface area contributed by atoms with E-state index in [1.165, 1.54) is 45.3 Å². The van der Waals surface area contributed by atoms with Crippen molar-refractivity contribution in [3.8, 4) is 0 Å². The topological polar surface area (TPSA) is 45.4 Å². The third kappa shape index (κ3) is 4.78. The van der Waals surface area contributed by atoms with Crippen LogP contribution in [0.1, 0.15) is 44.3 Å². The van der Waals surface area contributed by atoms with Crippen LogP contribution in [0.4, 0.5) is 0 Å². The quantitative estimate of drug-likeness (QED) is 0.735. The fourth-order valence-corrected chi connectivity index (χ4v) is 3.31. The van der Waals surface area contributed by atoms with Crippen LogP contribution < -0.4 is 0 Å². The maximum atomic E-state index is 5.37. The molecule has 0 N–H and O–H groups in total. The first-order valence-corrected chi connectivity index (χ1v) is 8.41. The highest BCUT2D eigenvalue weighted by atomic mass is 16.5. The van der Waals surface area contributed by atoms with Gasteiger partial charge in [-0.3, -0.25) is 4.90 Å². The Balaban J connectivity index is 1.39. The minimum absolute atomic E-state index is 0.682. The highest BCUT2D eigenvalue weighted by molar-refractivity contribution is 4.92. The predicted molar refractivity (Wildman–Crippen MR) is 81.9 cm³/mol. The Morgan fingerprint density at radius 3 is 2.81 bits per heavy atom. The van der Waals surface area contributed by atoms with Gasteiger partial charge < -0.3 is 9.42 Å². The first-order chi connectivity index (χ1) is 10.2. The van der Waals surface area contributed by atoms with Crippen LogP contribution in [0.5, 0.6) is 0 Å². The molecule has 21 heavy (non-hydrogen) atoms. The van der Waals surface area contributed by atoms with Crippen LogP contribution >= 0.6 is 0 Å². The SMILES string of the molecule is CC(CN(C)Cc1nc(CC2CC2)no1)CN1CCCC1. The van der Waals surface area contributed by atoms with Crippen molar-refractivity contribution in [2.24, 2.45) is 11.8 Å². The number of hydrogen-bond donors (Lipinski definition) is 0. The lowest BCUT2D eigenvalue weighted by molar-refractivity contribution is 0.204. The van der Waals surface area contributed by atoms with E-state index in [1.807, 2.05) is 0 Å². The largest absolute Gasteiger partial charge is 0.338 e. The maximum absolute atomic E-state index is 5.37. The van der Waals surface area contributed by atoms with Crippen LogP contribution in [-0.4, -0.2) is 53.2 Å². The molecule has 1 aromatic rings. The molecule has 0 aromatic carbocycles. The Kier molecular flexibility index (Phi) is 4.91. The second-order valence-electron chi connectivity index (χ2n) is 7.06. The van der Waals surface area contributed by atoms with Gasteiger partial charge in [0, 0.05) is 19.5 Å². The van der Waals surface area contributed by atoms with Crippen LogP contribution in [0.25, 0.3) is 0 Å². The molecule has 1 aromatic heterocycles. The van der Waals surface area contributed by atoms with Crippen LogP contribution in [0.3, 0.4) is 0 Å². The van der Waals surface area contributed by atoms with Crippen molar-refractivity contribution < 1.29 is 4.52 Å². The molecule has 5 heteroatoms. The monoisotopic (exact) mass is 292 g/mol. The van der Waals surface area contributed by atoms with Crippen molar-refractivity contribution in [3.63, 3.8) is 0 Å². The summed E-state index contributed by atoms with van der Waals surface area (Å²) in [6.45, 7) is 7.95. The summed E-state index contributed by atoms with van der Waals surface area (Å²) >= 11 is 0. The highest BCUT2D eigenvalue weighted by Crippen LogP contribution is 2.31. The normalized spacial score (nSPS) is 21.3. The van der Waals surface area contributed by atoms with E-state index >= 15 is 0 Å². The van der Waals surface area contributed by atoms with Gasteiger partial charge in [0.15, 0.2) is 5.82 Å². The molecule has 0 spiro atoms. The smallest absolute Gasteiger partial charge is 0.240 e. The van der Waals surface area contributed by atoms with Crippen LogP contribution in [-0.2, 0) is 13.0 Å². The standard InChI is InChI=1S/C16H28N4O/c1-13(11-20-7-3-4-8-20)10-19(2)12-16-17-15(18-21-16)9-14-5-6-14/h13-14H,3-12H2,1-2H3. The summed E-state index contributed by atoms with van der Waals surface area (Å²) in [6, 6.07) is 0. The second-order valence-corrected chi connectivity index (χ2v) is 7.06. The number of rotatable bonds is 8. The highest BCUT2D eigenvalue weighted by Gasteiger charge is 2.24. The zero-order chi connectivity index (χ0) is 14.7. The third-order valence-corrected chi connectivity index (χ3v) is 4.48. The van der Waals surface area contributed by atoms with E-state index in [4.69, 9.17) is 4.52 Å². The van der Waals surface area contributed by atoms with E-state index < -0.39 is 0 Å². The van der Waals surface area contributed by atoms with Gasteiger partial charge in [-0.1, -0.05) is 12.1 Å². The van der Waals surface area contributed by atoms with Crippen molar-refractivity contribution >= 4 is 0 Å². The molecule has 1 aliphatic heterocycles. The van der Waals surface area contributed by atoms with Gasteiger partial charge in [-0.2, -0.15) is 4.98 Å². The van der Waals surface area contributed by atoms with Crippen molar-refractivity contribution in [1.29, 1.82) is 0 Å². The van der Waals surface area contributed by atoms with E-state index in [1.54, 1.807) is 0 Å². The maximum Gasteiger partial charge on any atom is 0.240 e. The number of aromatic nitrogens is 2. The van der Waals surface area contributed by atoms with Crippen molar-refractivity contribution in [2.45, 2.75) is 45.6 Å². The van der Waals surface area contributed by atoms with Gasteiger partial charge in [0.2, 0.25) is 5.89 Å². The molecule has 1 atom stereocenters. The Morgan fingerprint density at radius 1 is 1.33 bits per heavy atom. The molecule has 2 fully saturated rings. The Bertz CT molecular complexity index is 437. The van der Waals surface area contributed by atoms with Gasteiger partial charge in [-0.05, 0) is 57.7 Å². The van der Waals surface area contributed by atoms with Crippen LogP contribution in [0.15, 0.2) is 4.52 Å². The Labute approximate surface area is 127 Å². The van der Waals surface area contributed by atoms with Gasteiger partial charge in [-0.25, -0.2) is 0 Å². The molecule has 118 valence electrons. The van der Waals surface area contributed by atoms with E-state index in [2.05, 4.69) is 33.9 Å². The third-order valence-electron chi connectivity index (χ3n) is 4.48. The average molecular weight is 292 g/mol. The lowest BCUT2D eigenvalue weighted by Gasteiger charge is -2.24. The molecule has 0 amide bonds. The fraction of sp³-hybridized carbons (Fsp3) is 0.875. The Morgan fingerprint density at radius 2 is 2.10 bits per heavy atom. The van der Waals surface area contributed by atoms with Crippen molar-refractivity contribution in [1.82, 2.24) is 19.9 Å². The van der Waals surface area contributed by atoms with E-state index in [-0.39, 0.29) is 0 Å². The summed E-state index contributed by atoms with van der Waals surface area (Å²) < 4.78 is 5.37. The van der Waals surface area contributed by atoms with Gasteiger partial charge in [0.1, 0.15) is 0 Å². The molecule has 1 unspecified atom stereocenters. The second kappa shape index (κ2) is 6.88. The summed E-state index contributed by atoms with van der Waals surface area (Å²) in [5.74, 6) is 3.16. The minimum atomic E-state index is 0.682. The molecule has 0 radical (unpaired) electrons. The van der Waals surface area contributed by atoms with Gasteiger partial charge in [0.05, 0.1) is 6.54 Å². The molecular formula is C16H28N4O. The fourth-order valence-electron chi connectivity index (χ4n) is 3.31. The molecule has 2 aliphatic rings. The summed E-state index contributed by atoms with van der Waals surface area (Å²) in [5, 5.41) is 4.09. The number of hydrogen-bond acceptors (Lipinski definition) is 5. The van der Waals surface area contributed by atoms with E-state index in [9.17, 15) is 0 Å². The first kappa shape index (κ1) is 15.0. The molecule has 0 bridgehead atoms. The van der Waals surface area contributed by atoms with E-state index in [0.29, 0.717) is 5.92 Å². The number of nitrogens with zero attached hydrogens (tertiary/aromatic N) is 4. The first-order valence-electron chi connectivity index (χ1n) is 8.41. The zero-order valence-electron chi connectivity index (χ0n) is 13.4. The summed E-state index contributed by atoms with van der Waals surface area (Å²) in [6.07, 6.45) is 6.40. The molecular weight excluding hydrogens is 264 g/mol. The lowest BCUT2D eigenvalue weighted by atomic mass is 10.1. The lowest BCUT2D eigenvalue weighted by Crippen LogP contribution is -2.32. The predicted octanol–water partition coefficient (Wildman–Crippen LogP) is 2.19. The van der Waals surface area contributed by atoms with Crippen molar-refractivity contribution in [3.05, 3.63) is 11.7 Å². The van der Waals surface area contributed by atoms with Crippen LogP contribution in [0.2, 0.25) is 0 Å². The minimum Gasteiger partial charge on any atom is -0.338 e. The molecule has 5 nitrogen and oxygen atoms in total. The molecule has 3 rings (SSSR count).